The molecule has 0 aliphatic carbocycles. The zero-order valence-corrected chi connectivity index (χ0v) is 12.1. The number of amides is 1. The van der Waals surface area contributed by atoms with Gasteiger partial charge in [0.15, 0.2) is 0 Å². The molecule has 3 aromatic rings. The molecular weight excluding hydrogens is 272 g/mol. The van der Waals surface area contributed by atoms with Gasteiger partial charge in [-0.3, -0.25) is 4.79 Å². The Labute approximate surface area is 120 Å². The number of benzene rings is 1. The summed E-state index contributed by atoms with van der Waals surface area (Å²) in [5.41, 5.74) is 0.752. The Hall–Kier alpha value is -2.14. The van der Waals surface area contributed by atoms with Gasteiger partial charge in [-0.2, -0.15) is 0 Å². The number of hydrogen-bond donors (Lipinski definition) is 0. The number of thiophene rings is 1. The van der Waals surface area contributed by atoms with Gasteiger partial charge in [0.2, 0.25) is 0 Å². The van der Waals surface area contributed by atoms with Crippen LogP contribution in [0.15, 0.2) is 47.2 Å². The Morgan fingerprint density at radius 2 is 2.15 bits per heavy atom. The van der Waals surface area contributed by atoms with Crippen molar-refractivity contribution in [1.29, 1.82) is 0 Å². The van der Waals surface area contributed by atoms with Crippen molar-refractivity contribution >= 4 is 27.3 Å². The third kappa shape index (κ3) is 2.20. The summed E-state index contributed by atoms with van der Waals surface area (Å²) in [6.45, 7) is 1.93. The van der Waals surface area contributed by atoms with Crippen molar-refractivity contribution in [2.75, 3.05) is 7.05 Å². The lowest BCUT2D eigenvalue weighted by Gasteiger charge is -2.22. The van der Waals surface area contributed by atoms with Crippen LogP contribution in [0, 0.1) is 0 Å². The molecule has 0 saturated heterocycles. The first kappa shape index (κ1) is 12.9. The maximum Gasteiger partial charge on any atom is 0.264 e. The number of fused-ring (bicyclic) bond motifs is 1. The van der Waals surface area contributed by atoms with E-state index in [4.69, 9.17) is 4.52 Å². The molecule has 0 saturated carbocycles. The average molecular weight is 286 g/mol. The number of rotatable bonds is 3. The molecule has 0 radical (unpaired) electrons. The van der Waals surface area contributed by atoms with Crippen LogP contribution in [-0.2, 0) is 0 Å². The van der Waals surface area contributed by atoms with Gasteiger partial charge in [0.25, 0.3) is 5.91 Å². The summed E-state index contributed by atoms with van der Waals surface area (Å²) in [4.78, 5) is 15.0. The highest BCUT2D eigenvalue weighted by molar-refractivity contribution is 7.20. The molecular formula is C15H14N2O2S. The number of carbonyl (C=O) groups is 1. The summed E-state index contributed by atoms with van der Waals surface area (Å²) in [5.74, 6) is 0.00157. The average Bonchev–Trinajstić information content (AvgIpc) is 3.13. The van der Waals surface area contributed by atoms with Gasteiger partial charge in [-0.25, -0.2) is 0 Å². The molecule has 0 spiro atoms. The van der Waals surface area contributed by atoms with E-state index in [2.05, 4.69) is 5.16 Å². The molecule has 3 rings (SSSR count). The smallest absolute Gasteiger partial charge is 0.264 e. The highest BCUT2D eigenvalue weighted by Gasteiger charge is 2.22. The molecule has 20 heavy (non-hydrogen) atoms. The molecule has 0 N–H and O–H groups in total. The number of carbonyl (C=O) groups excluding carboxylic acids is 1. The lowest BCUT2D eigenvalue weighted by atomic mass is 10.2. The van der Waals surface area contributed by atoms with Crippen molar-refractivity contribution in [3.8, 4) is 0 Å². The van der Waals surface area contributed by atoms with E-state index in [-0.39, 0.29) is 11.9 Å². The fourth-order valence-corrected chi connectivity index (χ4v) is 3.12. The zero-order valence-electron chi connectivity index (χ0n) is 11.2. The first-order chi connectivity index (χ1) is 9.66. The molecule has 0 bridgehead atoms. The van der Waals surface area contributed by atoms with Crippen molar-refractivity contribution < 1.29 is 9.32 Å². The van der Waals surface area contributed by atoms with Gasteiger partial charge in [-0.1, -0.05) is 23.4 Å². The quantitative estimate of drug-likeness (QED) is 0.737. The van der Waals surface area contributed by atoms with Gasteiger partial charge in [-0.05, 0) is 24.4 Å². The highest BCUT2D eigenvalue weighted by Crippen LogP contribution is 2.28. The van der Waals surface area contributed by atoms with Crippen LogP contribution in [-0.4, -0.2) is 23.0 Å². The maximum absolute atomic E-state index is 12.5. The Morgan fingerprint density at radius 1 is 1.35 bits per heavy atom. The van der Waals surface area contributed by atoms with Gasteiger partial charge in [-0.15, -0.1) is 11.3 Å². The first-order valence-electron chi connectivity index (χ1n) is 6.33. The summed E-state index contributed by atoms with van der Waals surface area (Å²) in [6.07, 6.45) is 1.52. The minimum Gasteiger partial charge on any atom is -0.364 e. The third-order valence-electron chi connectivity index (χ3n) is 3.42. The Morgan fingerprint density at radius 3 is 2.85 bits per heavy atom. The van der Waals surface area contributed by atoms with Gasteiger partial charge < -0.3 is 9.42 Å². The molecule has 0 aliphatic rings. The predicted octanol–water partition coefficient (Wildman–Crippen LogP) is 3.72. The Bertz CT molecular complexity index is 700. The first-order valence-corrected chi connectivity index (χ1v) is 7.14. The van der Waals surface area contributed by atoms with Crippen LogP contribution in [0.5, 0.6) is 0 Å². The molecule has 1 amide bonds. The molecule has 1 aromatic carbocycles. The SMILES string of the molecule is C[C@@H](c1ccon1)N(C)C(=O)c1cc2ccccc2s1. The summed E-state index contributed by atoms with van der Waals surface area (Å²) < 4.78 is 5.96. The van der Waals surface area contributed by atoms with Gasteiger partial charge in [0.05, 0.1) is 10.9 Å². The summed E-state index contributed by atoms with van der Waals surface area (Å²) in [7, 11) is 1.78. The zero-order chi connectivity index (χ0) is 14.1. The summed E-state index contributed by atoms with van der Waals surface area (Å²) in [5, 5.41) is 4.99. The number of aromatic nitrogens is 1. The highest BCUT2D eigenvalue weighted by atomic mass is 32.1. The monoisotopic (exact) mass is 286 g/mol. The van der Waals surface area contributed by atoms with Crippen molar-refractivity contribution in [3.05, 3.63) is 53.2 Å². The largest absolute Gasteiger partial charge is 0.364 e. The molecule has 0 fully saturated rings. The van der Waals surface area contributed by atoms with E-state index in [1.165, 1.54) is 17.6 Å². The Balaban J connectivity index is 1.88. The molecule has 5 heteroatoms. The number of nitrogens with zero attached hydrogens (tertiary/aromatic N) is 2. The van der Waals surface area contributed by atoms with Crippen LogP contribution in [0.3, 0.4) is 0 Å². The molecule has 102 valence electrons. The van der Waals surface area contributed by atoms with E-state index in [0.29, 0.717) is 0 Å². The van der Waals surface area contributed by atoms with E-state index in [1.807, 2.05) is 37.3 Å². The van der Waals surface area contributed by atoms with Crippen LogP contribution >= 0.6 is 11.3 Å². The Kier molecular flexibility index (Phi) is 3.28. The molecule has 2 aromatic heterocycles. The minimum absolute atomic E-state index is 0.00157. The van der Waals surface area contributed by atoms with E-state index < -0.39 is 0 Å². The standard InChI is InChI=1S/C15H14N2O2S/c1-10(12-7-8-19-16-12)17(2)15(18)14-9-11-5-3-4-6-13(11)20-14/h3-10H,1-2H3/t10-/m0/s1. The minimum atomic E-state index is -0.119. The van der Waals surface area contributed by atoms with Gasteiger partial charge in [0, 0.05) is 17.8 Å². The molecule has 0 aliphatic heterocycles. The fraction of sp³-hybridized carbons (Fsp3) is 0.200. The van der Waals surface area contributed by atoms with Crippen LogP contribution in [0.1, 0.15) is 28.3 Å². The van der Waals surface area contributed by atoms with Crippen molar-refractivity contribution in [2.24, 2.45) is 0 Å². The van der Waals surface area contributed by atoms with E-state index >= 15 is 0 Å². The maximum atomic E-state index is 12.5. The number of hydrogen-bond acceptors (Lipinski definition) is 4. The lowest BCUT2D eigenvalue weighted by Crippen LogP contribution is -2.29. The predicted molar refractivity (Wildman–Crippen MR) is 78.8 cm³/mol. The summed E-state index contributed by atoms with van der Waals surface area (Å²) >= 11 is 1.51. The molecule has 2 heterocycles. The van der Waals surface area contributed by atoms with E-state index in [0.717, 1.165) is 20.7 Å². The van der Waals surface area contributed by atoms with Crippen LogP contribution < -0.4 is 0 Å². The lowest BCUT2D eigenvalue weighted by molar-refractivity contribution is 0.0742. The van der Waals surface area contributed by atoms with Gasteiger partial charge >= 0.3 is 0 Å². The molecule has 0 unspecified atom stereocenters. The van der Waals surface area contributed by atoms with Crippen LogP contribution in [0.4, 0.5) is 0 Å². The second-order valence-corrected chi connectivity index (χ2v) is 5.75. The third-order valence-corrected chi connectivity index (χ3v) is 4.53. The van der Waals surface area contributed by atoms with Crippen molar-refractivity contribution in [2.45, 2.75) is 13.0 Å². The fourth-order valence-electron chi connectivity index (χ4n) is 2.07. The van der Waals surface area contributed by atoms with E-state index in [1.54, 1.807) is 18.0 Å². The molecule has 1 atom stereocenters. The summed E-state index contributed by atoms with van der Waals surface area (Å²) in [6, 6.07) is 11.6. The van der Waals surface area contributed by atoms with Gasteiger partial charge in [0.1, 0.15) is 12.0 Å². The second kappa shape index (κ2) is 5.09. The van der Waals surface area contributed by atoms with Crippen LogP contribution in [0.25, 0.3) is 10.1 Å². The van der Waals surface area contributed by atoms with Crippen molar-refractivity contribution in [1.82, 2.24) is 10.1 Å². The van der Waals surface area contributed by atoms with Crippen molar-refractivity contribution in [3.63, 3.8) is 0 Å². The van der Waals surface area contributed by atoms with Crippen LogP contribution in [0.2, 0.25) is 0 Å². The second-order valence-electron chi connectivity index (χ2n) is 4.66. The normalized spacial score (nSPS) is 12.5. The topological polar surface area (TPSA) is 46.3 Å². The van der Waals surface area contributed by atoms with E-state index in [9.17, 15) is 4.79 Å². The molecule has 4 nitrogen and oxygen atoms in total.